The fourth-order valence-corrected chi connectivity index (χ4v) is 10.4. The highest BCUT2D eigenvalue weighted by Crippen LogP contribution is 2.32. The van der Waals surface area contributed by atoms with E-state index in [1.165, 1.54) is 0 Å². The molecular formula is C57H66N14O8. The maximum Gasteiger partial charge on any atom is 0.410 e. The fourth-order valence-electron chi connectivity index (χ4n) is 10.4. The number of fused-ring (bicyclic) bond motifs is 4. The van der Waals surface area contributed by atoms with E-state index in [0.29, 0.717) is 76.7 Å². The van der Waals surface area contributed by atoms with Crippen molar-refractivity contribution in [2.24, 2.45) is 0 Å². The summed E-state index contributed by atoms with van der Waals surface area (Å²) in [4.78, 5) is 72.0. The van der Waals surface area contributed by atoms with Crippen molar-refractivity contribution in [1.29, 1.82) is 0 Å². The zero-order valence-electron chi connectivity index (χ0n) is 44.9. The third kappa shape index (κ3) is 12.9. The molecule has 2 saturated heterocycles. The van der Waals surface area contributed by atoms with Crippen molar-refractivity contribution < 1.29 is 28.5 Å². The highest BCUT2D eigenvalue weighted by atomic mass is 16.6. The van der Waals surface area contributed by atoms with E-state index in [-0.39, 0.29) is 23.3 Å². The zero-order valence-corrected chi connectivity index (χ0v) is 44.9. The highest BCUT2D eigenvalue weighted by Gasteiger charge is 2.32. The Bertz CT molecular complexity index is 3490. The minimum Gasteiger partial charge on any atom is -0.486 e. The van der Waals surface area contributed by atoms with Crippen LogP contribution in [0.4, 0.5) is 4.79 Å². The number of hydrogen-bond acceptors (Lipinski definition) is 17. The van der Waals surface area contributed by atoms with Gasteiger partial charge in [0.1, 0.15) is 32.0 Å². The van der Waals surface area contributed by atoms with E-state index in [4.69, 9.17) is 23.7 Å². The van der Waals surface area contributed by atoms with Crippen molar-refractivity contribution >= 4 is 28.2 Å². The zero-order chi connectivity index (χ0) is 54.3. The first-order valence-electron chi connectivity index (χ1n) is 27.1. The molecule has 0 bridgehead atoms. The lowest BCUT2D eigenvalue weighted by Crippen LogP contribution is -2.49. The average molecular weight is 1080 g/mol. The maximum atomic E-state index is 13.4. The van der Waals surface area contributed by atoms with Gasteiger partial charge in [0, 0.05) is 107 Å². The number of rotatable bonds is 14. The summed E-state index contributed by atoms with van der Waals surface area (Å²) < 4.78 is 35.7. The molecule has 4 aliphatic heterocycles. The van der Waals surface area contributed by atoms with Crippen LogP contribution in [0.3, 0.4) is 0 Å². The van der Waals surface area contributed by atoms with E-state index in [9.17, 15) is 14.4 Å². The monoisotopic (exact) mass is 1070 g/mol. The van der Waals surface area contributed by atoms with Crippen LogP contribution in [-0.4, -0.2) is 152 Å². The molecular weight excluding hydrogens is 1010 g/mol. The van der Waals surface area contributed by atoms with Gasteiger partial charge in [-0.2, -0.15) is 0 Å². The van der Waals surface area contributed by atoms with Crippen LogP contribution in [0.2, 0.25) is 0 Å². The molecule has 8 aromatic rings. The summed E-state index contributed by atoms with van der Waals surface area (Å²) in [6.07, 6.45) is 20.9. The van der Waals surface area contributed by atoms with Gasteiger partial charge in [-0.3, -0.25) is 34.4 Å². The number of nitrogens with zero attached hydrogens (tertiary/aromatic N) is 13. The molecule has 22 heteroatoms. The first-order chi connectivity index (χ1) is 38.5. The number of carbonyl (C=O) groups excluding carboxylic acids is 1. The van der Waals surface area contributed by atoms with Crippen molar-refractivity contribution in [3.05, 3.63) is 143 Å². The van der Waals surface area contributed by atoms with E-state index in [0.717, 1.165) is 115 Å². The molecule has 0 radical (unpaired) electrons. The smallest absolute Gasteiger partial charge is 0.410 e. The highest BCUT2D eigenvalue weighted by molar-refractivity contribution is 5.77. The quantitative estimate of drug-likeness (QED) is 0.139. The molecule has 1 N–H and O–H groups in total. The van der Waals surface area contributed by atoms with Gasteiger partial charge in [-0.1, -0.05) is 0 Å². The van der Waals surface area contributed by atoms with Gasteiger partial charge in [0.2, 0.25) is 0 Å². The molecule has 0 aromatic carbocycles. The predicted octanol–water partition coefficient (Wildman–Crippen LogP) is 5.65. The number of ether oxygens (including phenoxy) is 5. The Kier molecular flexibility index (Phi) is 15.9. The van der Waals surface area contributed by atoms with Crippen LogP contribution in [-0.2, 0) is 30.9 Å². The summed E-state index contributed by atoms with van der Waals surface area (Å²) in [7, 11) is 0. The molecule has 22 nitrogen and oxygen atoms in total. The molecule has 0 saturated carbocycles. The third-order valence-electron chi connectivity index (χ3n) is 14.6. The Labute approximate surface area is 456 Å². The van der Waals surface area contributed by atoms with Gasteiger partial charge in [0.05, 0.1) is 88.8 Å². The Morgan fingerprint density at radius 3 is 1.62 bits per heavy atom. The molecule has 79 heavy (non-hydrogen) atoms. The molecule has 2 fully saturated rings. The number of carbonyl (C=O) groups is 1. The fraction of sp³-hybridized carbons (Fsp3) is 0.421. The van der Waals surface area contributed by atoms with E-state index in [2.05, 4.69) is 45.0 Å². The number of pyridine rings is 6. The van der Waals surface area contributed by atoms with Crippen LogP contribution in [0, 0.1) is 0 Å². The molecule has 12 rings (SSSR count). The standard InChI is InChI=1S/C31H37N7O5.C26H29N7O3/c1-31(2,3)43-30(40)38(20-22-16-27-28(19-33-22)42-15-14-41-27)23-6-9-35(10-7-23)12-13-37-26-17-24(36-11-8-32-21-36)18-34-25(26)4-5-29(37)39;34-26-2-1-22-23(14-21(16-30-22)32-8-5-27-18-32)33(26)10-9-31-6-3-19(4-7-31)28-15-20-13-24-25(17-29-20)36-12-11-35-24/h4-5,8,11,16-19,21,23H,6-7,9-10,12-15,20H2,1-3H3;1-2,5,8,13-14,16-19,28H,3-4,6-7,9-12,15H2. The van der Waals surface area contributed by atoms with Crippen molar-refractivity contribution in [2.75, 3.05) is 65.7 Å². The normalized spacial score (nSPS) is 16.1. The summed E-state index contributed by atoms with van der Waals surface area (Å²) in [6, 6.07) is 15.0. The Morgan fingerprint density at radius 2 is 1.11 bits per heavy atom. The number of piperidine rings is 2. The molecule has 12 heterocycles. The van der Waals surface area contributed by atoms with Crippen LogP contribution < -0.4 is 35.4 Å². The molecule has 1 amide bonds. The SMILES string of the molecule is CC(C)(C)OC(=O)N(Cc1cc2c(cn1)OCCO2)C1CCN(CCn2c(=O)ccc3ncc(-n4ccnc4)cc32)CC1.O=c1ccc2ncc(-n3ccnc3)cc2n1CCN1CCC(NCc2cc3c(cn2)OCCO3)CC1. The van der Waals surface area contributed by atoms with Crippen molar-refractivity contribution in [3.8, 4) is 34.4 Å². The second-order valence-electron chi connectivity index (χ2n) is 21.1. The number of nitrogens with one attached hydrogen (secondary N) is 1. The lowest BCUT2D eigenvalue weighted by molar-refractivity contribution is 0.00528. The molecule has 0 unspecified atom stereocenters. The topological polar surface area (TPSA) is 216 Å². The average Bonchev–Trinajstić information content (AvgIpc) is 4.23. The minimum atomic E-state index is -0.616. The van der Waals surface area contributed by atoms with Gasteiger partial charge in [0.15, 0.2) is 23.0 Å². The van der Waals surface area contributed by atoms with Gasteiger partial charge < -0.3 is 57.1 Å². The maximum absolute atomic E-state index is 13.4. The first kappa shape index (κ1) is 52.8. The van der Waals surface area contributed by atoms with Gasteiger partial charge in [0.25, 0.3) is 11.1 Å². The lowest BCUT2D eigenvalue weighted by Gasteiger charge is -2.39. The van der Waals surface area contributed by atoms with E-state index in [1.807, 2.05) is 71.1 Å². The molecule has 0 spiro atoms. The lowest BCUT2D eigenvalue weighted by atomic mass is 10.0. The number of likely N-dealkylation sites (tertiary alicyclic amines) is 2. The van der Waals surface area contributed by atoms with Gasteiger partial charge in [-0.25, -0.2) is 14.8 Å². The van der Waals surface area contributed by atoms with Gasteiger partial charge >= 0.3 is 6.09 Å². The van der Waals surface area contributed by atoms with Crippen LogP contribution >= 0.6 is 0 Å². The van der Waals surface area contributed by atoms with Crippen LogP contribution in [0.1, 0.15) is 57.8 Å². The second kappa shape index (κ2) is 23.8. The van der Waals surface area contributed by atoms with Gasteiger partial charge in [-0.15, -0.1) is 0 Å². The number of amides is 1. The Hall–Kier alpha value is -8.21. The second-order valence-corrected chi connectivity index (χ2v) is 21.1. The van der Waals surface area contributed by atoms with Crippen LogP contribution in [0.25, 0.3) is 33.4 Å². The van der Waals surface area contributed by atoms with E-state index >= 15 is 0 Å². The molecule has 0 aliphatic carbocycles. The Balaban J connectivity index is 0.000000170. The summed E-state index contributed by atoms with van der Waals surface area (Å²) in [5.41, 5.74) is 5.95. The summed E-state index contributed by atoms with van der Waals surface area (Å²) in [5, 5.41) is 3.64. The van der Waals surface area contributed by atoms with E-state index in [1.54, 1.807) is 83.6 Å². The van der Waals surface area contributed by atoms with Crippen molar-refractivity contribution in [3.63, 3.8) is 0 Å². The summed E-state index contributed by atoms with van der Waals surface area (Å²) >= 11 is 0. The number of aromatic nitrogens is 10. The van der Waals surface area contributed by atoms with E-state index < -0.39 is 5.60 Å². The summed E-state index contributed by atoms with van der Waals surface area (Å²) in [6.45, 7) is 15.0. The molecule has 412 valence electrons. The number of imidazole rings is 2. The van der Waals surface area contributed by atoms with Crippen molar-refractivity contribution in [1.82, 2.24) is 68.2 Å². The molecule has 8 aromatic heterocycles. The molecule has 4 aliphatic rings. The molecule has 0 atom stereocenters. The van der Waals surface area contributed by atoms with Crippen molar-refractivity contribution in [2.45, 2.75) is 90.3 Å². The van der Waals surface area contributed by atoms with Crippen LogP contribution in [0.15, 0.2) is 120 Å². The largest absolute Gasteiger partial charge is 0.486 e. The predicted molar refractivity (Wildman–Crippen MR) is 294 cm³/mol. The van der Waals surface area contributed by atoms with Crippen LogP contribution in [0.5, 0.6) is 23.0 Å². The number of hydrogen-bond donors (Lipinski definition) is 1. The van der Waals surface area contributed by atoms with Gasteiger partial charge in [-0.05, 0) is 83.8 Å². The third-order valence-corrected chi connectivity index (χ3v) is 14.6. The first-order valence-corrected chi connectivity index (χ1v) is 27.1. The summed E-state index contributed by atoms with van der Waals surface area (Å²) in [5.74, 6) is 2.76. The Morgan fingerprint density at radius 1 is 0.620 bits per heavy atom. The minimum absolute atomic E-state index is 0.00411.